The maximum atomic E-state index is 11.7. The van der Waals surface area contributed by atoms with E-state index in [0.717, 1.165) is 6.54 Å². The van der Waals surface area contributed by atoms with Gasteiger partial charge in [-0.05, 0) is 38.5 Å². The Morgan fingerprint density at radius 2 is 1.67 bits per heavy atom. The minimum atomic E-state index is -0.477. The molecule has 126 valence electrons. The highest BCUT2D eigenvalue weighted by Crippen LogP contribution is 2.11. The predicted octanol–water partition coefficient (Wildman–Crippen LogP) is 2.39. The van der Waals surface area contributed by atoms with Crippen LogP contribution in [-0.2, 0) is 4.74 Å². The molecule has 2 unspecified atom stereocenters. The van der Waals surface area contributed by atoms with Gasteiger partial charge in [-0.15, -0.1) is 0 Å². The molecule has 0 aliphatic rings. The van der Waals surface area contributed by atoms with Gasteiger partial charge in [0.05, 0.1) is 6.61 Å². The van der Waals surface area contributed by atoms with Crippen LogP contribution in [0.25, 0.3) is 0 Å². The van der Waals surface area contributed by atoms with Crippen LogP contribution in [0.2, 0.25) is 0 Å². The molecular weight excluding hydrogens is 268 g/mol. The summed E-state index contributed by atoms with van der Waals surface area (Å²) in [5.74, 6) is 1.10. The second-order valence-electron chi connectivity index (χ2n) is 7.33. The molecule has 0 heterocycles. The van der Waals surface area contributed by atoms with E-state index in [2.05, 4.69) is 38.3 Å². The van der Waals surface area contributed by atoms with Crippen LogP contribution < -0.4 is 10.6 Å². The van der Waals surface area contributed by atoms with Gasteiger partial charge in [0.2, 0.25) is 0 Å². The number of aliphatic hydroxyl groups is 1. The largest absolute Gasteiger partial charge is 0.444 e. The third-order valence-corrected chi connectivity index (χ3v) is 3.49. The first-order valence-electron chi connectivity index (χ1n) is 7.88. The molecule has 21 heavy (non-hydrogen) atoms. The lowest BCUT2D eigenvalue weighted by atomic mass is 9.94. The number of hydrogen-bond donors (Lipinski definition) is 3. The molecule has 0 aromatic carbocycles. The van der Waals surface area contributed by atoms with E-state index in [9.17, 15) is 9.90 Å². The standard InChI is InChI=1S/C16H34N2O3/c1-11(2)13(8-17-14(10-19)12(3)4)9-18-15(20)21-16(5,6)7/h11-14,17,19H,8-10H2,1-7H3,(H,18,20). The molecular formula is C16H34N2O3. The molecule has 3 N–H and O–H groups in total. The summed E-state index contributed by atoms with van der Waals surface area (Å²) in [6, 6.07) is 0.0905. The van der Waals surface area contributed by atoms with Crippen molar-refractivity contribution in [2.45, 2.75) is 60.1 Å². The third-order valence-electron chi connectivity index (χ3n) is 3.49. The number of carbonyl (C=O) groups is 1. The van der Waals surface area contributed by atoms with E-state index in [1.54, 1.807) is 0 Å². The highest BCUT2D eigenvalue weighted by Gasteiger charge is 2.20. The molecule has 0 aromatic rings. The van der Waals surface area contributed by atoms with E-state index in [0.29, 0.717) is 24.3 Å². The molecule has 0 aliphatic heterocycles. The number of amides is 1. The Balaban J connectivity index is 4.29. The van der Waals surface area contributed by atoms with Gasteiger partial charge in [0, 0.05) is 19.1 Å². The highest BCUT2D eigenvalue weighted by molar-refractivity contribution is 5.67. The van der Waals surface area contributed by atoms with E-state index in [1.165, 1.54) is 0 Å². The molecule has 0 saturated heterocycles. The minimum absolute atomic E-state index is 0.0905. The lowest BCUT2D eigenvalue weighted by Gasteiger charge is -2.27. The molecule has 5 heteroatoms. The number of hydrogen-bond acceptors (Lipinski definition) is 4. The fourth-order valence-electron chi connectivity index (χ4n) is 1.89. The van der Waals surface area contributed by atoms with Crippen molar-refractivity contribution in [1.29, 1.82) is 0 Å². The molecule has 0 saturated carbocycles. The lowest BCUT2D eigenvalue weighted by molar-refractivity contribution is 0.0513. The molecule has 0 rings (SSSR count). The van der Waals surface area contributed by atoms with Gasteiger partial charge in [0.1, 0.15) is 5.60 Å². The summed E-state index contributed by atoms with van der Waals surface area (Å²) in [6.45, 7) is 15.4. The number of carbonyl (C=O) groups excluding carboxylic acids is 1. The van der Waals surface area contributed by atoms with Crippen molar-refractivity contribution < 1.29 is 14.6 Å². The maximum Gasteiger partial charge on any atom is 0.407 e. The smallest absolute Gasteiger partial charge is 0.407 e. The molecule has 1 amide bonds. The Morgan fingerprint density at radius 1 is 1.10 bits per heavy atom. The Labute approximate surface area is 129 Å². The van der Waals surface area contributed by atoms with Gasteiger partial charge in [0.25, 0.3) is 0 Å². The Morgan fingerprint density at radius 3 is 2.05 bits per heavy atom. The van der Waals surface area contributed by atoms with E-state index < -0.39 is 5.60 Å². The SMILES string of the molecule is CC(C)C(CNC(=O)OC(C)(C)C)CNC(CO)C(C)C. The molecule has 0 fully saturated rings. The van der Waals surface area contributed by atoms with Crippen LogP contribution in [-0.4, -0.2) is 42.5 Å². The van der Waals surface area contributed by atoms with Crippen LogP contribution >= 0.6 is 0 Å². The van der Waals surface area contributed by atoms with Gasteiger partial charge in [-0.1, -0.05) is 27.7 Å². The van der Waals surface area contributed by atoms with Gasteiger partial charge in [0.15, 0.2) is 0 Å². The van der Waals surface area contributed by atoms with Crippen LogP contribution in [0.5, 0.6) is 0 Å². The van der Waals surface area contributed by atoms with Crippen molar-refractivity contribution >= 4 is 6.09 Å². The Hall–Kier alpha value is -0.810. The monoisotopic (exact) mass is 302 g/mol. The first-order chi connectivity index (χ1) is 9.56. The van der Waals surface area contributed by atoms with Crippen LogP contribution in [0.3, 0.4) is 0 Å². The second-order valence-corrected chi connectivity index (χ2v) is 7.33. The second kappa shape index (κ2) is 9.26. The number of nitrogens with one attached hydrogen (secondary N) is 2. The molecule has 0 aromatic heterocycles. The van der Waals surface area contributed by atoms with E-state index in [4.69, 9.17) is 4.74 Å². The zero-order valence-corrected chi connectivity index (χ0v) is 14.7. The van der Waals surface area contributed by atoms with Crippen molar-refractivity contribution in [3.63, 3.8) is 0 Å². The van der Waals surface area contributed by atoms with Gasteiger partial charge < -0.3 is 20.5 Å². The van der Waals surface area contributed by atoms with Crippen molar-refractivity contribution in [3.05, 3.63) is 0 Å². The van der Waals surface area contributed by atoms with Crippen molar-refractivity contribution in [2.75, 3.05) is 19.7 Å². The molecule has 2 atom stereocenters. The van der Waals surface area contributed by atoms with Crippen LogP contribution in [0.4, 0.5) is 4.79 Å². The molecule has 0 bridgehead atoms. The van der Waals surface area contributed by atoms with Gasteiger partial charge >= 0.3 is 6.09 Å². The van der Waals surface area contributed by atoms with Crippen molar-refractivity contribution in [1.82, 2.24) is 10.6 Å². The summed E-state index contributed by atoms with van der Waals surface area (Å²) < 4.78 is 5.24. The van der Waals surface area contributed by atoms with E-state index >= 15 is 0 Å². The summed E-state index contributed by atoms with van der Waals surface area (Å²) in [5.41, 5.74) is -0.477. The van der Waals surface area contributed by atoms with Crippen LogP contribution in [0.15, 0.2) is 0 Å². The van der Waals surface area contributed by atoms with Crippen molar-refractivity contribution in [2.24, 2.45) is 17.8 Å². The maximum absolute atomic E-state index is 11.7. The average molecular weight is 302 g/mol. The molecule has 5 nitrogen and oxygen atoms in total. The number of ether oxygens (including phenoxy) is 1. The Kier molecular flexibility index (Phi) is 8.90. The minimum Gasteiger partial charge on any atom is -0.444 e. The molecule has 0 radical (unpaired) electrons. The zero-order chi connectivity index (χ0) is 16.6. The lowest BCUT2D eigenvalue weighted by Crippen LogP contribution is -2.44. The highest BCUT2D eigenvalue weighted by atomic mass is 16.6. The summed E-state index contributed by atoms with van der Waals surface area (Å²) in [6.07, 6.45) is -0.379. The zero-order valence-electron chi connectivity index (χ0n) is 14.7. The van der Waals surface area contributed by atoms with Gasteiger partial charge in [-0.25, -0.2) is 4.79 Å². The topological polar surface area (TPSA) is 70.6 Å². The van der Waals surface area contributed by atoms with Gasteiger partial charge in [-0.2, -0.15) is 0 Å². The van der Waals surface area contributed by atoms with Crippen LogP contribution in [0.1, 0.15) is 48.5 Å². The summed E-state index contributed by atoms with van der Waals surface area (Å²) in [5, 5.41) is 15.5. The number of aliphatic hydroxyl groups excluding tert-OH is 1. The van der Waals surface area contributed by atoms with Crippen LogP contribution in [0, 0.1) is 17.8 Å². The summed E-state index contributed by atoms with van der Waals surface area (Å²) in [4.78, 5) is 11.7. The summed E-state index contributed by atoms with van der Waals surface area (Å²) >= 11 is 0. The van der Waals surface area contributed by atoms with Gasteiger partial charge in [-0.3, -0.25) is 0 Å². The predicted molar refractivity (Wildman–Crippen MR) is 86.3 cm³/mol. The fourth-order valence-corrected chi connectivity index (χ4v) is 1.89. The third kappa shape index (κ3) is 9.69. The quantitative estimate of drug-likeness (QED) is 0.644. The molecule has 0 spiro atoms. The van der Waals surface area contributed by atoms with E-state index in [1.807, 2.05) is 20.8 Å². The van der Waals surface area contributed by atoms with E-state index in [-0.39, 0.29) is 18.7 Å². The van der Waals surface area contributed by atoms with Crippen molar-refractivity contribution in [3.8, 4) is 0 Å². The number of alkyl carbamates (subject to hydrolysis) is 1. The Bertz CT molecular complexity index is 298. The fraction of sp³-hybridized carbons (Fsp3) is 0.938. The number of rotatable bonds is 8. The summed E-state index contributed by atoms with van der Waals surface area (Å²) in [7, 11) is 0. The first kappa shape index (κ1) is 20.2. The average Bonchev–Trinajstić information content (AvgIpc) is 2.30. The molecule has 0 aliphatic carbocycles. The first-order valence-corrected chi connectivity index (χ1v) is 7.88. The normalized spacial score (nSPS) is 15.1.